The van der Waals surface area contributed by atoms with Crippen molar-refractivity contribution in [3.63, 3.8) is 0 Å². The minimum absolute atomic E-state index is 0.168. The molecule has 0 saturated carbocycles. The number of phenolic OH excluding ortho intramolecular Hbond substituents is 1. The Morgan fingerprint density at radius 3 is 2.68 bits per heavy atom. The number of methoxy groups -OCH3 is 1. The number of fused-ring (bicyclic) bond motifs is 1. The number of hydrogen-bond acceptors (Lipinski definition) is 5. The van der Waals surface area contributed by atoms with E-state index in [9.17, 15) is 5.11 Å². The minimum Gasteiger partial charge on any atom is -0.507 e. The van der Waals surface area contributed by atoms with E-state index in [-0.39, 0.29) is 5.75 Å². The van der Waals surface area contributed by atoms with Crippen molar-refractivity contribution >= 4 is 11.2 Å². The summed E-state index contributed by atoms with van der Waals surface area (Å²) in [6.45, 7) is 2.00. The van der Waals surface area contributed by atoms with Crippen LogP contribution >= 0.6 is 0 Å². The molecule has 0 aliphatic carbocycles. The topological polar surface area (TPSA) is 83.9 Å². The van der Waals surface area contributed by atoms with Gasteiger partial charge in [0.2, 0.25) is 0 Å². The van der Waals surface area contributed by atoms with Crippen LogP contribution in [-0.4, -0.2) is 32.4 Å². The van der Waals surface area contributed by atoms with Gasteiger partial charge in [-0.2, -0.15) is 5.10 Å². The molecular formula is C19H16N4O2. The molecular weight excluding hydrogens is 316 g/mol. The predicted molar refractivity (Wildman–Crippen MR) is 95.5 cm³/mol. The third-order valence-corrected chi connectivity index (χ3v) is 4.15. The van der Waals surface area contributed by atoms with E-state index in [1.54, 1.807) is 25.4 Å². The Labute approximate surface area is 144 Å². The largest absolute Gasteiger partial charge is 0.507 e. The van der Waals surface area contributed by atoms with Crippen LogP contribution in [0.15, 0.2) is 48.7 Å². The third-order valence-electron chi connectivity index (χ3n) is 4.15. The first-order valence-electron chi connectivity index (χ1n) is 7.82. The Morgan fingerprint density at radius 1 is 1.08 bits per heavy atom. The molecule has 0 amide bonds. The van der Waals surface area contributed by atoms with Crippen molar-refractivity contribution in [3.05, 3.63) is 54.2 Å². The summed E-state index contributed by atoms with van der Waals surface area (Å²) in [4.78, 5) is 9.05. The molecule has 0 saturated heterocycles. The van der Waals surface area contributed by atoms with Gasteiger partial charge in [0.05, 0.1) is 24.7 Å². The molecule has 4 aromatic rings. The van der Waals surface area contributed by atoms with Crippen LogP contribution in [0.3, 0.4) is 0 Å². The second kappa shape index (κ2) is 5.90. The van der Waals surface area contributed by atoms with Gasteiger partial charge in [-0.15, -0.1) is 0 Å². The Balaban J connectivity index is 1.89. The molecule has 6 nitrogen and oxygen atoms in total. The SMILES string of the molecule is COc1ccc(-c2[nH]nc3ncc(-c4ccccc4O)nc23)c(C)c1. The molecule has 2 heterocycles. The standard InChI is InChI=1S/C19H16N4O2/c1-11-9-12(25-2)7-8-13(11)17-18-19(23-22-17)20-10-15(21-18)14-5-3-4-6-16(14)24/h3-10,24H,1-2H3,(H,20,22,23). The number of aromatic nitrogens is 4. The molecule has 2 aromatic heterocycles. The minimum atomic E-state index is 0.168. The van der Waals surface area contributed by atoms with E-state index >= 15 is 0 Å². The lowest BCUT2D eigenvalue weighted by atomic mass is 10.0. The van der Waals surface area contributed by atoms with Gasteiger partial charge in [0.25, 0.3) is 0 Å². The number of aromatic amines is 1. The monoisotopic (exact) mass is 332 g/mol. The third kappa shape index (κ3) is 2.57. The quantitative estimate of drug-likeness (QED) is 0.597. The molecule has 0 fully saturated rings. The zero-order chi connectivity index (χ0) is 17.4. The first-order valence-corrected chi connectivity index (χ1v) is 7.82. The van der Waals surface area contributed by atoms with Gasteiger partial charge in [-0.3, -0.25) is 5.10 Å². The number of benzene rings is 2. The number of phenols is 1. The van der Waals surface area contributed by atoms with Gasteiger partial charge in [-0.1, -0.05) is 12.1 Å². The molecule has 2 aromatic carbocycles. The van der Waals surface area contributed by atoms with Gasteiger partial charge in [-0.25, -0.2) is 9.97 Å². The van der Waals surface area contributed by atoms with Crippen LogP contribution < -0.4 is 4.74 Å². The van der Waals surface area contributed by atoms with Gasteiger partial charge in [-0.05, 0) is 42.8 Å². The molecule has 0 radical (unpaired) electrons. The average Bonchev–Trinajstić information content (AvgIpc) is 3.05. The fourth-order valence-electron chi connectivity index (χ4n) is 2.85. The van der Waals surface area contributed by atoms with Gasteiger partial charge in [0.1, 0.15) is 17.0 Å². The lowest BCUT2D eigenvalue weighted by Crippen LogP contribution is -1.91. The summed E-state index contributed by atoms with van der Waals surface area (Å²) < 4.78 is 5.26. The van der Waals surface area contributed by atoms with Crippen LogP contribution in [0.2, 0.25) is 0 Å². The molecule has 25 heavy (non-hydrogen) atoms. The molecule has 2 N–H and O–H groups in total. The first kappa shape index (κ1) is 15.1. The molecule has 0 aliphatic rings. The van der Waals surface area contributed by atoms with E-state index in [0.29, 0.717) is 22.4 Å². The fourth-order valence-corrected chi connectivity index (χ4v) is 2.85. The van der Waals surface area contributed by atoms with Crippen molar-refractivity contribution in [1.29, 1.82) is 0 Å². The lowest BCUT2D eigenvalue weighted by molar-refractivity contribution is 0.414. The van der Waals surface area contributed by atoms with Gasteiger partial charge in [0.15, 0.2) is 5.65 Å². The van der Waals surface area contributed by atoms with Crippen LogP contribution in [0.25, 0.3) is 33.7 Å². The van der Waals surface area contributed by atoms with Crippen LogP contribution in [0, 0.1) is 6.92 Å². The number of aromatic hydroxyl groups is 1. The maximum absolute atomic E-state index is 10.1. The van der Waals surface area contributed by atoms with Crippen molar-refractivity contribution in [3.8, 4) is 34.0 Å². The molecule has 0 aliphatic heterocycles. The predicted octanol–water partition coefficient (Wildman–Crippen LogP) is 3.71. The Bertz CT molecular complexity index is 1070. The van der Waals surface area contributed by atoms with E-state index in [0.717, 1.165) is 22.6 Å². The smallest absolute Gasteiger partial charge is 0.200 e. The highest BCUT2D eigenvalue weighted by Gasteiger charge is 2.15. The summed E-state index contributed by atoms with van der Waals surface area (Å²) in [6, 6.07) is 12.9. The molecule has 6 heteroatoms. The molecule has 0 bridgehead atoms. The van der Waals surface area contributed by atoms with Crippen LogP contribution in [0.4, 0.5) is 0 Å². The fraction of sp³-hybridized carbons (Fsp3) is 0.105. The summed E-state index contributed by atoms with van der Waals surface area (Å²) in [6.07, 6.45) is 1.61. The summed E-state index contributed by atoms with van der Waals surface area (Å²) >= 11 is 0. The Kier molecular flexibility index (Phi) is 3.57. The van der Waals surface area contributed by atoms with Crippen LogP contribution in [0.1, 0.15) is 5.56 Å². The second-order valence-electron chi connectivity index (χ2n) is 5.72. The summed E-state index contributed by atoms with van der Waals surface area (Å²) in [7, 11) is 1.64. The van der Waals surface area contributed by atoms with Crippen molar-refractivity contribution in [2.75, 3.05) is 7.11 Å². The lowest BCUT2D eigenvalue weighted by Gasteiger charge is -2.07. The highest BCUT2D eigenvalue weighted by molar-refractivity contribution is 5.89. The number of rotatable bonds is 3. The second-order valence-corrected chi connectivity index (χ2v) is 5.72. The zero-order valence-corrected chi connectivity index (χ0v) is 13.8. The molecule has 124 valence electrons. The number of nitrogens with one attached hydrogen (secondary N) is 1. The normalized spacial score (nSPS) is 11.0. The van der Waals surface area contributed by atoms with E-state index in [1.807, 2.05) is 37.3 Å². The van der Waals surface area contributed by atoms with Gasteiger partial charge >= 0.3 is 0 Å². The van der Waals surface area contributed by atoms with Gasteiger partial charge in [0, 0.05) is 11.1 Å². The highest BCUT2D eigenvalue weighted by Crippen LogP contribution is 2.32. The van der Waals surface area contributed by atoms with Crippen molar-refractivity contribution in [1.82, 2.24) is 20.2 Å². The molecule has 0 atom stereocenters. The summed E-state index contributed by atoms with van der Waals surface area (Å²) in [5, 5.41) is 17.3. The van der Waals surface area contributed by atoms with E-state index in [1.165, 1.54) is 0 Å². The van der Waals surface area contributed by atoms with E-state index in [4.69, 9.17) is 4.74 Å². The number of hydrogen-bond donors (Lipinski definition) is 2. The maximum Gasteiger partial charge on any atom is 0.200 e. The van der Waals surface area contributed by atoms with Crippen molar-refractivity contribution in [2.24, 2.45) is 0 Å². The number of para-hydroxylation sites is 1. The van der Waals surface area contributed by atoms with E-state index in [2.05, 4.69) is 20.2 Å². The molecule has 0 spiro atoms. The van der Waals surface area contributed by atoms with Crippen LogP contribution in [-0.2, 0) is 0 Å². The van der Waals surface area contributed by atoms with Crippen LogP contribution in [0.5, 0.6) is 11.5 Å². The van der Waals surface area contributed by atoms with Gasteiger partial charge < -0.3 is 9.84 Å². The number of aryl methyl sites for hydroxylation is 1. The first-order chi connectivity index (χ1) is 12.2. The summed E-state index contributed by atoms with van der Waals surface area (Å²) in [5.41, 5.74) is 5.24. The number of H-pyrrole nitrogens is 1. The molecule has 0 unspecified atom stereocenters. The Morgan fingerprint density at radius 2 is 1.92 bits per heavy atom. The van der Waals surface area contributed by atoms with Crippen molar-refractivity contribution < 1.29 is 9.84 Å². The van der Waals surface area contributed by atoms with E-state index < -0.39 is 0 Å². The molecule has 4 rings (SSSR count). The Hall–Kier alpha value is -3.41. The van der Waals surface area contributed by atoms with Crippen molar-refractivity contribution in [2.45, 2.75) is 6.92 Å². The maximum atomic E-state index is 10.1. The number of nitrogens with zero attached hydrogens (tertiary/aromatic N) is 3. The highest BCUT2D eigenvalue weighted by atomic mass is 16.5. The average molecular weight is 332 g/mol. The number of ether oxygens (including phenoxy) is 1. The summed E-state index contributed by atoms with van der Waals surface area (Å²) in [5.74, 6) is 0.966. The zero-order valence-electron chi connectivity index (χ0n) is 13.8.